The third kappa shape index (κ3) is 36.2. The largest absolute Gasteiger partial charge is 0.493 e. The van der Waals surface area contributed by atoms with Crippen molar-refractivity contribution in [1.82, 2.24) is 5.32 Å². The topological polar surface area (TPSA) is 234 Å². The standard InChI is InChI=1S/C44H77N3O15/c1-52-43(50)11-3-2-6-16-47-44(51)38-35-41(61-17-7-4-9-39(48)12-19-53-23-27-57-31-33-59-29-25-55-21-14-45)37-42(36-38)62-18-8-5-10-40(49)13-20-54-24-28-58-32-34-60-30-26-56-22-15-46/h35-37H,2-34,45-46H2,1H3,(H,47,51). The number of esters is 1. The molecule has 1 amide bonds. The van der Waals surface area contributed by atoms with Gasteiger partial charge in [-0.15, -0.1) is 0 Å². The van der Waals surface area contributed by atoms with Gasteiger partial charge >= 0.3 is 5.97 Å². The Balaban J connectivity index is 2.36. The smallest absolute Gasteiger partial charge is 0.305 e. The third-order valence-electron chi connectivity index (χ3n) is 8.76. The molecule has 1 aromatic rings. The molecule has 0 bridgehead atoms. The molecule has 1 aromatic carbocycles. The number of unbranched alkanes of at least 4 members (excludes halogenated alkanes) is 4. The van der Waals surface area contributed by atoms with Crippen molar-refractivity contribution >= 4 is 23.4 Å². The van der Waals surface area contributed by atoms with Crippen LogP contribution in [0.4, 0.5) is 0 Å². The Hall–Kier alpha value is -3.30. The van der Waals surface area contributed by atoms with Crippen LogP contribution in [-0.2, 0) is 57.0 Å². The van der Waals surface area contributed by atoms with Gasteiger partial charge in [0.1, 0.15) is 23.1 Å². The first-order valence-corrected chi connectivity index (χ1v) is 22.2. The molecule has 0 fully saturated rings. The van der Waals surface area contributed by atoms with E-state index in [1.165, 1.54) is 7.11 Å². The van der Waals surface area contributed by atoms with E-state index in [0.717, 1.165) is 6.42 Å². The van der Waals surface area contributed by atoms with Gasteiger partial charge in [-0.1, -0.05) is 6.42 Å². The van der Waals surface area contributed by atoms with Crippen LogP contribution in [0.25, 0.3) is 0 Å². The lowest BCUT2D eigenvalue weighted by Gasteiger charge is -2.13. The summed E-state index contributed by atoms with van der Waals surface area (Å²) in [6, 6.07) is 5.08. The predicted octanol–water partition coefficient (Wildman–Crippen LogP) is 3.22. The summed E-state index contributed by atoms with van der Waals surface area (Å²) in [6.07, 6.45) is 6.62. The first kappa shape index (κ1) is 56.7. The van der Waals surface area contributed by atoms with Crippen LogP contribution in [0.5, 0.6) is 11.5 Å². The van der Waals surface area contributed by atoms with E-state index in [-0.39, 0.29) is 23.4 Å². The fraction of sp³-hybridized carbons (Fsp3) is 0.773. The van der Waals surface area contributed by atoms with E-state index in [9.17, 15) is 19.2 Å². The average molecular weight is 888 g/mol. The van der Waals surface area contributed by atoms with Crippen molar-refractivity contribution in [3.8, 4) is 11.5 Å². The van der Waals surface area contributed by atoms with Gasteiger partial charge in [-0.05, 0) is 50.7 Å². The van der Waals surface area contributed by atoms with Crippen molar-refractivity contribution in [2.45, 2.75) is 77.0 Å². The number of ketones is 2. The molecule has 0 radical (unpaired) electrons. The number of carbonyl (C=O) groups is 4. The number of hydrogen-bond acceptors (Lipinski definition) is 17. The molecule has 5 N–H and O–H groups in total. The van der Waals surface area contributed by atoms with Crippen LogP contribution in [-0.4, -0.2) is 169 Å². The van der Waals surface area contributed by atoms with Crippen LogP contribution < -0.4 is 26.3 Å². The second-order valence-electron chi connectivity index (χ2n) is 14.0. The maximum Gasteiger partial charge on any atom is 0.305 e. The lowest BCUT2D eigenvalue weighted by atomic mass is 10.1. The molecule has 0 heterocycles. The second-order valence-corrected chi connectivity index (χ2v) is 14.0. The summed E-state index contributed by atoms with van der Waals surface area (Å²) in [4.78, 5) is 49.1. The fourth-order valence-electron chi connectivity index (χ4n) is 5.39. The van der Waals surface area contributed by atoms with E-state index in [1.807, 2.05) is 0 Å². The van der Waals surface area contributed by atoms with Crippen molar-refractivity contribution in [2.24, 2.45) is 11.5 Å². The molecule has 0 unspecified atom stereocenters. The van der Waals surface area contributed by atoms with E-state index in [1.54, 1.807) is 18.2 Å². The summed E-state index contributed by atoms with van der Waals surface area (Å²) >= 11 is 0. The Morgan fingerprint density at radius 3 is 1.23 bits per heavy atom. The first-order valence-electron chi connectivity index (χ1n) is 22.2. The quantitative estimate of drug-likeness (QED) is 0.0630. The Morgan fingerprint density at radius 2 is 0.823 bits per heavy atom. The number of ether oxygens (including phenoxy) is 11. The van der Waals surface area contributed by atoms with Crippen molar-refractivity contribution in [1.29, 1.82) is 0 Å². The highest BCUT2D eigenvalue weighted by Crippen LogP contribution is 2.24. The minimum Gasteiger partial charge on any atom is -0.493 e. The van der Waals surface area contributed by atoms with Gasteiger partial charge in [-0.3, -0.25) is 19.2 Å². The van der Waals surface area contributed by atoms with Crippen molar-refractivity contribution < 1.29 is 71.3 Å². The monoisotopic (exact) mass is 888 g/mol. The SMILES string of the molecule is COC(=O)CCCCCNC(=O)c1cc(OCCCCC(=O)CCOCCOCCOCCOCCN)cc(OCCCCC(=O)CCOCCOCCOCCOCCN)c1. The molecule has 0 aliphatic heterocycles. The van der Waals surface area contributed by atoms with Gasteiger partial charge in [0.2, 0.25) is 0 Å². The Kier molecular flexibility index (Phi) is 39.3. The maximum absolute atomic E-state index is 13.1. The van der Waals surface area contributed by atoms with Crippen molar-refractivity contribution in [3.63, 3.8) is 0 Å². The van der Waals surface area contributed by atoms with Crippen molar-refractivity contribution in [2.75, 3.05) is 146 Å². The number of Topliss-reactive ketones (excluding diaryl/α,β-unsaturated/α-hetero) is 2. The Bertz CT molecular complexity index is 1190. The van der Waals surface area contributed by atoms with E-state index in [0.29, 0.717) is 226 Å². The maximum atomic E-state index is 13.1. The number of carbonyl (C=O) groups excluding carboxylic acids is 4. The van der Waals surface area contributed by atoms with Gasteiger partial charge in [0.05, 0.1) is 126 Å². The Labute approximate surface area is 368 Å². The molecule has 0 saturated heterocycles. The highest BCUT2D eigenvalue weighted by molar-refractivity contribution is 5.95. The van der Waals surface area contributed by atoms with Gasteiger partial charge < -0.3 is 68.9 Å². The molecule has 18 nitrogen and oxygen atoms in total. The molecule has 0 saturated carbocycles. The summed E-state index contributed by atoms with van der Waals surface area (Å²) in [6.45, 7) is 9.39. The molecular formula is C44H77N3O15. The van der Waals surface area contributed by atoms with Crippen LogP contribution in [0.2, 0.25) is 0 Å². The summed E-state index contributed by atoms with van der Waals surface area (Å²) in [5.41, 5.74) is 11.1. The molecule has 358 valence electrons. The van der Waals surface area contributed by atoms with Crippen LogP contribution in [0.3, 0.4) is 0 Å². The number of hydrogen-bond donors (Lipinski definition) is 3. The molecule has 0 atom stereocenters. The lowest BCUT2D eigenvalue weighted by Crippen LogP contribution is -2.24. The molecule has 0 aliphatic rings. The highest BCUT2D eigenvalue weighted by atomic mass is 16.6. The van der Waals surface area contributed by atoms with Crippen LogP contribution in [0, 0.1) is 0 Å². The minimum absolute atomic E-state index is 0.117. The van der Waals surface area contributed by atoms with Gasteiger partial charge in [-0.2, -0.15) is 0 Å². The molecule has 0 aliphatic carbocycles. The molecule has 0 spiro atoms. The average Bonchev–Trinajstić information content (AvgIpc) is 3.27. The number of nitrogens with one attached hydrogen (secondary N) is 1. The Morgan fingerprint density at radius 1 is 0.435 bits per heavy atom. The van der Waals surface area contributed by atoms with E-state index in [4.69, 9.17) is 58.8 Å². The van der Waals surface area contributed by atoms with Gasteiger partial charge in [0, 0.05) is 63.4 Å². The second kappa shape index (κ2) is 43.0. The lowest BCUT2D eigenvalue weighted by molar-refractivity contribution is -0.140. The summed E-state index contributed by atoms with van der Waals surface area (Å²) in [5, 5.41) is 2.92. The number of amides is 1. The van der Waals surface area contributed by atoms with Gasteiger partial charge in [-0.25, -0.2) is 0 Å². The zero-order valence-corrected chi connectivity index (χ0v) is 37.3. The van der Waals surface area contributed by atoms with Crippen LogP contribution in [0.1, 0.15) is 87.4 Å². The molecule has 62 heavy (non-hydrogen) atoms. The number of benzene rings is 1. The zero-order valence-electron chi connectivity index (χ0n) is 37.3. The molecule has 18 heteroatoms. The van der Waals surface area contributed by atoms with E-state index >= 15 is 0 Å². The predicted molar refractivity (Wildman–Crippen MR) is 232 cm³/mol. The van der Waals surface area contributed by atoms with E-state index < -0.39 is 0 Å². The zero-order chi connectivity index (χ0) is 45.0. The molecule has 1 rings (SSSR count). The summed E-state index contributed by atoms with van der Waals surface area (Å²) in [5.74, 6) is 0.679. The normalized spacial score (nSPS) is 11.1. The minimum atomic E-state index is -0.268. The van der Waals surface area contributed by atoms with Crippen LogP contribution in [0.15, 0.2) is 18.2 Å². The van der Waals surface area contributed by atoms with Crippen molar-refractivity contribution in [3.05, 3.63) is 23.8 Å². The van der Waals surface area contributed by atoms with Gasteiger partial charge in [0.15, 0.2) is 0 Å². The van der Waals surface area contributed by atoms with Gasteiger partial charge in [0.25, 0.3) is 5.91 Å². The number of rotatable bonds is 47. The molecule has 0 aromatic heterocycles. The number of methoxy groups -OCH3 is 1. The highest BCUT2D eigenvalue weighted by Gasteiger charge is 2.12. The third-order valence-corrected chi connectivity index (χ3v) is 8.76. The number of nitrogens with two attached hydrogens (primary N) is 2. The van der Waals surface area contributed by atoms with E-state index in [2.05, 4.69) is 10.1 Å². The summed E-state index contributed by atoms with van der Waals surface area (Å²) in [7, 11) is 1.37. The fourth-order valence-corrected chi connectivity index (χ4v) is 5.39. The summed E-state index contributed by atoms with van der Waals surface area (Å²) < 4.78 is 59.9. The van der Waals surface area contributed by atoms with Crippen LogP contribution >= 0.6 is 0 Å². The molecular weight excluding hydrogens is 810 g/mol. The first-order chi connectivity index (χ1) is 30.4.